The Balaban J connectivity index is 1.71. The second-order valence-corrected chi connectivity index (χ2v) is 10.6. The molecule has 0 aromatic heterocycles. The zero-order chi connectivity index (χ0) is 27.7. The van der Waals surface area contributed by atoms with Crippen LogP contribution in [0.2, 0.25) is 5.02 Å². The predicted molar refractivity (Wildman–Crippen MR) is 142 cm³/mol. The maximum absolute atomic E-state index is 14.4. The first-order valence-corrected chi connectivity index (χ1v) is 13.0. The number of amides is 2. The van der Waals surface area contributed by atoms with E-state index >= 15 is 0 Å². The Morgan fingerprint density at radius 1 is 1.18 bits per heavy atom. The highest BCUT2D eigenvalue weighted by molar-refractivity contribution is 6.31. The van der Waals surface area contributed by atoms with E-state index in [1.807, 2.05) is 24.3 Å². The van der Waals surface area contributed by atoms with Crippen LogP contribution in [0.3, 0.4) is 0 Å². The molecule has 38 heavy (non-hydrogen) atoms. The van der Waals surface area contributed by atoms with Crippen LogP contribution in [0.5, 0.6) is 0 Å². The van der Waals surface area contributed by atoms with Crippen molar-refractivity contribution in [2.24, 2.45) is 0 Å². The van der Waals surface area contributed by atoms with Crippen molar-refractivity contribution in [2.75, 3.05) is 45.3 Å². The molecule has 0 radical (unpaired) electrons. The van der Waals surface area contributed by atoms with Gasteiger partial charge in [0.15, 0.2) is 0 Å². The maximum atomic E-state index is 14.4. The van der Waals surface area contributed by atoms with Gasteiger partial charge in [0, 0.05) is 20.1 Å². The lowest BCUT2D eigenvalue weighted by Crippen LogP contribution is -2.76. The van der Waals surface area contributed by atoms with E-state index in [9.17, 15) is 18.8 Å². The summed E-state index contributed by atoms with van der Waals surface area (Å²) in [7, 11) is 1.44. The standard InChI is InChI=1S/C28H33ClFN3O5/c1-5-38-24(34)12-27(15-37-16-27)33-13-28(14-33,20-9-7-6-8-18(20)17(2)3)26(36)32-23-11-22(30)21(29)10-19(23)25(35)31-4/h6-11,17H,5,12-16H2,1-4H3,(H,31,35)(H,32,36). The largest absolute Gasteiger partial charge is 0.466 e. The molecule has 2 aromatic carbocycles. The third-order valence-electron chi connectivity index (χ3n) is 7.43. The molecule has 2 aliphatic rings. The highest BCUT2D eigenvalue weighted by Gasteiger charge is 2.60. The van der Waals surface area contributed by atoms with Gasteiger partial charge in [0.1, 0.15) is 5.82 Å². The Morgan fingerprint density at radius 2 is 1.87 bits per heavy atom. The van der Waals surface area contributed by atoms with Crippen molar-refractivity contribution in [1.82, 2.24) is 10.2 Å². The lowest BCUT2D eigenvalue weighted by atomic mass is 9.67. The van der Waals surface area contributed by atoms with E-state index in [1.165, 1.54) is 13.1 Å². The molecule has 0 saturated carbocycles. The molecule has 2 heterocycles. The number of nitrogens with zero attached hydrogens (tertiary/aromatic N) is 1. The second-order valence-electron chi connectivity index (χ2n) is 10.2. The molecule has 204 valence electrons. The van der Waals surface area contributed by atoms with E-state index in [2.05, 4.69) is 29.4 Å². The molecular weight excluding hydrogens is 513 g/mol. The smallest absolute Gasteiger partial charge is 0.307 e. The van der Waals surface area contributed by atoms with Gasteiger partial charge < -0.3 is 20.1 Å². The number of hydrogen-bond donors (Lipinski definition) is 2. The fourth-order valence-electron chi connectivity index (χ4n) is 5.24. The van der Waals surface area contributed by atoms with Crippen LogP contribution in [0.1, 0.15) is 54.6 Å². The van der Waals surface area contributed by atoms with Crippen molar-refractivity contribution in [1.29, 1.82) is 0 Å². The average Bonchev–Trinajstić information content (AvgIpc) is 2.83. The summed E-state index contributed by atoms with van der Waals surface area (Å²) in [6.45, 7) is 7.51. The summed E-state index contributed by atoms with van der Waals surface area (Å²) in [6.07, 6.45) is 0.160. The van der Waals surface area contributed by atoms with Gasteiger partial charge in [0.05, 0.1) is 53.5 Å². The molecule has 8 nitrogen and oxygen atoms in total. The van der Waals surface area contributed by atoms with Gasteiger partial charge in [-0.15, -0.1) is 0 Å². The van der Waals surface area contributed by atoms with Gasteiger partial charge in [-0.2, -0.15) is 0 Å². The van der Waals surface area contributed by atoms with E-state index in [-0.39, 0.29) is 47.1 Å². The van der Waals surface area contributed by atoms with Gasteiger partial charge in [0.25, 0.3) is 5.91 Å². The molecule has 4 rings (SSSR count). The molecular formula is C28H33ClFN3O5. The van der Waals surface area contributed by atoms with Crippen LogP contribution in [-0.4, -0.2) is 68.2 Å². The van der Waals surface area contributed by atoms with E-state index < -0.39 is 22.7 Å². The Hall–Kier alpha value is -3.01. The summed E-state index contributed by atoms with van der Waals surface area (Å²) in [5.41, 5.74) is 0.397. The van der Waals surface area contributed by atoms with E-state index in [0.29, 0.717) is 26.3 Å². The zero-order valence-corrected chi connectivity index (χ0v) is 22.8. The summed E-state index contributed by atoms with van der Waals surface area (Å²) in [5, 5.41) is 5.10. The number of ether oxygens (including phenoxy) is 2. The second kappa shape index (κ2) is 11.0. The fourth-order valence-corrected chi connectivity index (χ4v) is 5.41. The number of carbonyl (C=O) groups is 3. The minimum absolute atomic E-state index is 0.0318. The molecule has 2 fully saturated rings. The van der Waals surface area contributed by atoms with Crippen molar-refractivity contribution in [3.05, 3.63) is 63.9 Å². The molecule has 0 atom stereocenters. The van der Waals surface area contributed by atoms with Crippen molar-refractivity contribution in [3.8, 4) is 0 Å². The first kappa shape index (κ1) is 28.0. The van der Waals surface area contributed by atoms with Gasteiger partial charge in [-0.05, 0) is 36.1 Å². The molecule has 2 saturated heterocycles. The highest BCUT2D eigenvalue weighted by atomic mass is 35.5. The molecule has 10 heteroatoms. The number of anilines is 1. The number of nitrogens with one attached hydrogen (secondary N) is 2. The van der Waals surface area contributed by atoms with Gasteiger partial charge in [0.2, 0.25) is 5.91 Å². The molecule has 0 unspecified atom stereocenters. The van der Waals surface area contributed by atoms with Crippen LogP contribution in [0.25, 0.3) is 0 Å². The lowest BCUT2D eigenvalue weighted by Gasteiger charge is -2.60. The fraction of sp³-hybridized carbons (Fsp3) is 0.464. The van der Waals surface area contributed by atoms with Crippen molar-refractivity contribution < 1.29 is 28.2 Å². The third kappa shape index (κ3) is 5.02. The molecule has 2 aliphatic heterocycles. The lowest BCUT2D eigenvalue weighted by molar-refractivity contribution is -0.193. The Kier molecular flexibility index (Phi) is 8.11. The third-order valence-corrected chi connectivity index (χ3v) is 7.72. The molecule has 0 spiro atoms. The SMILES string of the molecule is CCOC(=O)CC1(N2CC(C(=O)Nc3cc(F)c(Cl)cc3C(=O)NC)(c3ccccc3C(C)C)C2)COC1. The number of benzene rings is 2. The predicted octanol–water partition coefficient (Wildman–Crippen LogP) is 3.88. The number of carbonyl (C=O) groups excluding carboxylic acids is 3. The minimum atomic E-state index is -1.01. The Morgan fingerprint density at radius 3 is 2.45 bits per heavy atom. The highest BCUT2D eigenvalue weighted by Crippen LogP contribution is 2.45. The summed E-state index contributed by atoms with van der Waals surface area (Å²) in [5.74, 6) is -1.80. The Labute approximate surface area is 226 Å². The average molecular weight is 546 g/mol. The molecule has 0 bridgehead atoms. The molecule has 0 aliphatic carbocycles. The monoisotopic (exact) mass is 545 g/mol. The van der Waals surface area contributed by atoms with Gasteiger partial charge in [-0.25, -0.2) is 4.39 Å². The topological polar surface area (TPSA) is 97.0 Å². The number of halogens is 2. The van der Waals surface area contributed by atoms with Gasteiger partial charge in [-0.1, -0.05) is 49.7 Å². The first-order valence-electron chi connectivity index (χ1n) is 12.7. The van der Waals surface area contributed by atoms with Crippen LogP contribution in [0, 0.1) is 5.82 Å². The summed E-state index contributed by atoms with van der Waals surface area (Å²) in [4.78, 5) is 41.1. The quantitative estimate of drug-likeness (QED) is 0.464. The van der Waals surface area contributed by atoms with E-state index in [1.54, 1.807) is 6.92 Å². The van der Waals surface area contributed by atoms with Crippen LogP contribution in [0.4, 0.5) is 10.1 Å². The summed E-state index contributed by atoms with van der Waals surface area (Å²) >= 11 is 5.93. The summed E-state index contributed by atoms with van der Waals surface area (Å²) < 4.78 is 25.1. The van der Waals surface area contributed by atoms with Crippen LogP contribution in [0.15, 0.2) is 36.4 Å². The zero-order valence-electron chi connectivity index (χ0n) is 22.0. The minimum Gasteiger partial charge on any atom is -0.466 e. The number of esters is 1. The number of rotatable bonds is 9. The van der Waals surface area contributed by atoms with Gasteiger partial charge in [-0.3, -0.25) is 19.3 Å². The summed E-state index contributed by atoms with van der Waals surface area (Å²) in [6, 6.07) is 10.0. The normalized spacial score (nSPS) is 17.8. The Bertz CT molecular complexity index is 1240. The van der Waals surface area contributed by atoms with Crippen molar-refractivity contribution >= 4 is 35.1 Å². The van der Waals surface area contributed by atoms with Crippen LogP contribution in [-0.2, 0) is 24.5 Å². The molecule has 2 N–H and O–H groups in total. The molecule has 2 amide bonds. The maximum Gasteiger partial charge on any atom is 0.307 e. The van der Waals surface area contributed by atoms with E-state index in [4.69, 9.17) is 21.1 Å². The van der Waals surface area contributed by atoms with Gasteiger partial charge >= 0.3 is 5.97 Å². The first-order chi connectivity index (χ1) is 18.1. The van der Waals surface area contributed by atoms with Crippen LogP contribution < -0.4 is 10.6 Å². The van der Waals surface area contributed by atoms with E-state index in [0.717, 1.165) is 17.2 Å². The number of hydrogen-bond acceptors (Lipinski definition) is 6. The number of likely N-dealkylation sites (tertiary alicyclic amines) is 1. The van der Waals surface area contributed by atoms with Crippen molar-refractivity contribution in [2.45, 2.75) is 44.1 Å². The van der Waals surface area contributed by atoms with Crippen LogP contribution >= 0.6 is 11.6 Å². The van der Waals surface area contributed by atoms with Crippen molar-refractivity contribution in [3.63, 3.8) is 0 Å². The molecule has 2 aromatic rings.